The van der Waals surface area contributed by atoms with Gasteiger partial charge in [-0.1, -0.05) is 92.2 Å². The van der Waals surface area contributed by atoms with Gasteiger partial charge in [0.2, 0.25) is 11.8 Å². The third-order valence-corrected chi connectivity index (χ3v) is 8.10. The van der Waals surface area contributed by atoms with E-state index >= 15 is 0 Å². The highest BCUT2D eigenvalue weighted by molar-refractivity contribution is 5.94. The van der Waals surface area contributed by atoms with E-state index in [0.29, 0.717) is 12.0 Å². The van der Waals surface area contributed by atoms with Crippen LogP contribution in [0.15, 0.2) is 78.9 Å². The fraction of sp³-hybridized carbons (Fsp3) is 0.463. The van der Waals surface area contributed by atoms with Crippen LogP contribution in [0.25, 0.3) is 0 Å². The molecule has 3 aromatic rings. The molecule has 50 heavy (non-hydrogen) atoms. The van der Waals surface area contributed by atoms with Crippen LogP contribution in [0.5, 0.6) is 0 Å². The average molecular weight is 686 g/mol. The molecule has 0 saturated heterocycles. The number of carbonyl (C=O) groups is 4. The second-order valence-corrected chi connectivity index (χ2v) is 14.7. The van der Waals surface area contributed by atoms with Crippen LogP contribution in [0.4, 0.5) is 4.79 Å². The van der Waals surface area contributed by atoms with E-state index in [9.17, 15) is 19.2 Å². The lowest BCUT2D eigenvalue weighted by molar-refractivity contribution is -0.159. The first-order valence-electron chi connectivity index (χ1n) is 17.5. The number of ether oxygens (including phenoxy) is 2. The minimum atomic E-state index is -1.12. The van der Waals surface area contributed by atoms with Gasteiger partial charge in [-0.15, -0.1) is 0 Å². The molecule has 9 heteroatoms. The molecule has 3 aromatic carbocycles. The average Bonchev–Trinajstić information content (AvgIpc) is 3.03. The maximum atomic E-state index is 14.9. The van der Waals surface area contributed by atoms with Crippen LogP contribution in [-0.4, -0.2) is 58.6 Å². The lowest BCUT2D eigenvalue weighted by Gasteiger charge is -2.36. The first-order chi connectivity index (χ1) is 23.5. The number of hydrogen-bond acceptors (Lipinski definition) is 6. The van der Waals surface area contributed by atoms with Gasteiger partial charge in [-0.25, -0.2) is 9.59 Å². The van der Waals surface area contributed by atoms with Crippen molar-refractivity contribution in [3.05, 3.63) is 107 Å². The fourth-order valence-corrected chi connectivity index (χ4v) is 5.58. The van der Waals surface area contributed by atoms with Crippen molar-refractivity contribution in [3.8, 4) is 0 Å². The molecule has 0 fully saturated rings. The van der Waals surface area contributed by atoms with Gasteiger partial charge in [0.1, 0.15) is 29.3 Å². The predicted octanol–water partition coefficient (Wildman–Crippen LogP) is 7.18. The smallest absolute Gasteiger partial charge is 0.408 e. The largest absolute Gasteiger partial charge is 0.458 e. The Morgan fingerprint density at radius 2 is 1.24 bits per heavy atom. The summed E-state index contributed by atoms with van der Waals surface area (Å²) in [5.41, 5.74) is 2.52. The lowest BCUT2D eigenvalue weighted by atomic mass is 9.93. The van der Waals surface area contributed by atoms with Gasteiger partial charge in [-0.05, 0) is 89.6 Å². The molecule has 0 aliphatic heterocycles. The number of nitrogens with zero attached hydrogens (tertiary/aromatic N) is 1. The molecule has 3 atom stereocenters. The summed E-state index contributed by atoms with van der Waals surface area (Å²) < 4.78 is 11.3. The Balaban J connectivity index is 2.14. The highest BCUT2D eigenvalue weighted by atomic mass is 16.6. The highest BCUT2D eigenvalue weighted by Crippen LogP contribution is 2.29. The molecule has 3 rings (SSSR count). The summed E-state index contributed by atoms with van der Waals surface area (Å²) in [6.45, 7) is 16.7. The quantitative estimate of drug-likeness (QED) is 0.174. The summed E-state index contributed by atoms with van der Waals surface area (Å²) in [6, 6.07) is 21.3. The number of hydrogen-bond donors (Lipinski definition) is 2. The molecule has 3 amide bonds. The number of alkyl carbamates (subject to hydrolysis) is 1. The molecule has 0 aliphatic rings. The summed E-state index contributed by atoms with van der Waals surface area (Å²) in [6.07, 6.45) is 0.993. The van der Waals surface area contributed by atoms with E-state index in [-0.39, 0.29) is 19.4 Å². The number of nitrogens with one attached hydrogen (secondary N) is 2. The maximum Gasteiger partial charge on any atom is 0.408 e. The van der Waals surface area contributed by atoms with E-state index < -0.39 is 53.2 Å². The SMILES string of the molecule is CCCCN(C(=O)C(Cc1ccccc1)NC(=O)OC(C)(C)C)C(C(=O)NC(Cc1ccccc1)C(=O)OC(C)(C)C)c1cccc(C)c1C. The lowest BCUT2D eigenvalue weighted by Crippen LogP contribution is -2.55. The van der Waals surface area contributed by atoms with Crippen molar-refractivity contribution in [1.82, 2.24) is 15.5 Å². The van der Waals surface area contributed by atoms with E-state index in [1.54, 1.807) is 46.4 Å². The number of benzene rings is 3. The molecular formula is C41H55N3O6. The van der Waals surface area contributed by atoms with E-state index in [4.69, 9.17) is 9.47 Å². The number of amides is 3. The van der Waals surface area contributed by atoms with Crippen molar-refractivity contribution in [2.75, 3.05) is 6.54 Å². The Labute approximate surface area is 298 Å². The molecule has 0 saturated carbocycles. The van der Waals surface area contributed by atoms with Gasteiger partial charge in [-0.3, -0.25) is 9.59 Å². The van der Waals surface area contributed by atoms with Gasteiger partial charge in [0.05, 0.1) is 0 Å². The van der Waals surface area contributed by atoms with Crippen LogP contribution in [0.2, 0.25) is 0 Å². The van der Waals surface area contributed by atoms with Crippen LogP contribution in [-0.2, 0) is 36.7 Å². The molecule has 0 radical (unpaired) electrons. The van der Waals surface area contributed by atoms with Gasteiger partial charge >= 0.3 is 12.1 Å². The normalized spacial score (nSPS) is 13.4. The predicted molar refractivity (Wildman–Crippen MR) is 197 cm³/mol. The van der Waals surface area contributed by atoms with Gasteiger partial charge in [-0.2, -0.15) is 0 Å². The molecule has 270 valence electrons. The summed E-state index contributed by atoms with van der Waals surface area (Å²) in [7, 11) is 0. The van der Waals surface area contributed by atoms with E-state index in [1.807, 2.05) is 99.6 Å². The van der Waals surface area contributed by atoms with Gasteiger partial charge in [0.25, 0.3) is 0 Å². The maximum absolute atomic E-state index is 14.9. The number of carbonyl (C=O) groups excluding carboxylic acids is 4. The molecule has 2 N–H and O–H groups in total. The number of esters is 1. The van der Waals surface area contributed by atoms with Crippen molar-refractivity contribution in [2.24, 2.45) is 0 Å². The van der Waals surface area contributed by atoms with Gasteiger partial charge in [0, 0.05) is 19.4 Å². The van der Waals surface area contributed by atoms with Crippen LogP contribution >= 0.6 is 0 Å². The molecule has 0 heterocycles. The second-order valence-electron chi connectivity index (χ2n) is 14.7. The Morgan fingerprint density at radius 1 is 0.700 bits per heavy atom. The van der Waals surface area contributed by atoms with Gasteiger partial charge < -0.3 is 25.0 Å². The minimum absolute atomic E-state index is 0.178. The first kappa shape index (κ1) is 39.8. The molecule has 0 aliphatic carbocycles. The Morgan fingerprint density at radius 3 is 1.76 bits per heavy atom. The number of unbranched alkanes of at least 4 members (excludes halogenated alkanes) is 1. The first-order valence-corrected chi connectivity index (χ1v) is 17.5. The summed E-state index contributed by atoms with van der Waals surface area (Å²) in [5, 5.41) is 5.80. The van der Waals surface area contributed by atoms with Crippen molar-refractivity contribution in [1.29, 1.82) is 0 Å². The topological polar surface area (TPSA) is 114 Å². The van der Waals surface area contributed by atoms with Crippen LogP contribution in [0, 0.1) is 13.8 Å². The molecule has 0 spiro atoms. The molecule has 0 aromatic heterocycles. The monoisotopic (exact) mass is 685 g/mol. The fourth-order valence-electron chi connectivity index (χ4n) is 5.58. The number of rotatable bonds is 14. The van der Waals surface area contributed by atoms with Crippen LogP contribution < -0.4 is 10.6 Å². The summed E-state index contributed by atoms with van der Waals surface area (Å²) in [5.74, 6) is -1.54. The zero-order valence-electron chi connectivity index (χ0n) is 31.2. The Hall–Kier alpha value is -4.66. The Kier molecular flexibility index (Phi) is 14.2. The van der Waals surface area contributed by atoms with Crippen LogP contribution in [0.1, 0.15) is 95.2 Å². The van der Waals surface area contributed by atoms with E-state index in [1.165, 1.54) is 0 Å². The van der Waals surface area contributed by atoms with Crippen LogP contribution in [0.3, 0.4) is 0 Å². The standard InChI is InChI=1S/C41H55N3O6/c1-10-11-25-44(37(46)33(26-30-20-14-12-15-21-30)43-39(48)50-41(7,8)9)35(32-24-18-19-28(2)29(32)3)36(45)42-34(38(47)49-40(4,5)6)27-31-22-16-13-17-23-31/h12-24,33-35H,10-11,25-27H2,1-9H3,(H,42,45)(H,43,48). The van der Waals surface area contributed by atoms with Crippen molar-refractivity contribution in [2.45, 2.75) is 117 Å². The highest BCUT2D eigenvalue weighted by Gasteiger charge is 2.39. The summed E-state index contributed by atoms with van der Waals surface area (Å²) in [4.78, 5) is 57.9. The third kappa shape index (κ3) is 12.3. The molecule has 3 unspecified atom stereocenters. The molecular weight excluding hydrogens is 630 g/mol. The van der Waals surface area contributed by atoms with Gasteiger partial charge in [0.15, 0.2) is 0 Å². The van der Waals surface area contributed by atoms with Crippen molar-refractivity contribution >= 4 is 23.9 Å². The van der Waals surface area contributed by atoms with E-state index in [0.717, 1.165) is 28.7 Å². The number of aryl methyl sites for hydroxylation is 1. The zero-order valence-corrected chi connectivity index (χ0v) is 31.2. The molecule has 9 nitrogen and oxygen atoms in total. The van der Waals surface area contributed by atoms with Crippen molar-refractivity contribution < 1.29 is 28.7 Å². The zero-order chi connectivity index (χ0) is 37.1. The molecule has 0 bridgehead atoms. The second kappa shape index (κ2) is 17.8. The third-order valence-electron chi connectivity index (χ3n) is 8.10. The van der Waals surface area contributed by atoms with E-state index in [2.05, 4.69) is 10.6 Å². The Bertz CT molecular complexity index is 1580. The van der Waals surface area contributed by atoms with Crippen molar-refractivity contribution in [3.63, 3.8) is 0 Å². The summed E-state index contributed by atoms with van der Waals surface area (Å²) >= 11 is 0. The minimum Gasteiger partial charge on any atom is -0.458 e.